The molecular weight excluding hydrogens is 242 g/mol. The molecule has 1 amide bonds. The van der Waals surface area contributed by atoms with Gasteiger partial charge in [0.25, 0.3) is 5.91 Å². The van der Waals surface area contributed by atoms with Gasteiger partial charge in [0.2, 0.25) is 0 Å². The molecule has 0 aromatic heterocycles. The summed E-state index contributed by atoms with van der Waals surface area (Å²) in [6.45, 7) is 2.09. The summed E-state index contributed by atoms with van der Waals surface area (Å²) in [6, 6.07) is 6.05. The highest BCUT2D eigenvalue weighted by Gasteiger charge is 2.19. The van der Waals surface area contributed by atoms with E-state index in [1.54, 1.807) is 13.2 Å². The van der Waals surface area contributed by atoms with E-state index in [1.165, 1.54) is 0 Å². The molecule has 0 bridgehead atoms. The quantitative estimate of drug-likeness (QED) is 0.850. The van der Waals surface area contributed by atoms with Crippen LogP contribution < -0.4 is 20.7 Å². The second-order valence-corrected chi connectivity index (χ2v) is 4.84. The molecule has 0 radical (unpaired) electrons. The van der Waals surface area contributed by atoms with Gasteiger partial charge in [-0.1, -0.05) is 0 Å². The lowest BCUT2D eigenvalue weighted by Crippen LogP contribution is -2.41. The molecule has 1 saturated heterocycles. The molecule has 1 aromatic carbocycles. The molecule has 19 heavy (non-hydrogen) atoms. The number of carbonyl (C=O) groups is 1. The van der Waals surface area contributed by atoms with Crippen molar-refractivity contribution in [2.45, 2.75) is 18.9 Å². The van der Waals surface area contributed by atoms with Crippen molar-refractivity contribution in [1.82, 2.24) is 5.32 Å². The van der Waals surface area contributed by atoms with E-state index in [1.807, 2.05) is 12.1 Å². The van der Waals surface area contributed by atoms with Crippen LogP contribution in [0.5, 0.6) is 5.75 Å². The summed E-state index contributed by atoms with van der Waals surface area (Å²) in [7, 11) is 3.63. The number of ether oxygens (including phenoxy) is 1. The van der Waals surface area contributed by atoms with Crippen molar-refractivity contribution < 1.29 is 9.53 Å². The third kappa shape index (κ3) is 2.98. The second-order valence-electron chi connectivity index (χ2n) is 4.84. The lowest BCUT2D eigenvalue weighted by atomic mass is 10.0. The van der Waals surface area contributed by atoms with Gasteiger partial charge in [0.05, 0.1) is 12.7 Å². The summed E-state index contributed by atoms with van der Waals surface area (Å²) < 4.78 is 5.24. The summed E-state index contributed by atoms with van der Waals surface area (Å²) >= 11 is 0. The van der Waals surface area contributed by atoms with Crippen LogP contribution in [-0.2, 0) is 0 Å². The van der Waals surface area contributed by atoms with Crippen molar-refractivity contribution in [2.75, 3.05) is 32.1 Å². The van der Waals surface area contributed by atoms with Gasteiger partial charge < -0.3 is 20.7 Å². The molecule has 1 aliphatic rings. The number of nitrogens with two attached hydrogens (primary N) is 1. The van der Waals surface area contributed by atoms with E-state index in [4.69, 9.17) is 10.5 Å². The monoisotopic (exact) mass is 263 g/mol. The predicted octanol–water partition coefficient (Wildman–Crippen LogP) is 0.982. The molecule has 0 unspecified atom stereocenters. The normalized spacial score (nSPS) is 16.1. The number of nitrogens with zero attached hydrogens (tertiary/aromatic N) is 1. The fourth-order valence-electron chi connectivity index (χ4n) is 2.51. The molecule has 1 fully saturated rings. The first-order valence-corrected chi connectivity index (χ1v) is 6.55. The maximum absolute atomic E-state index is 11.3. The minimum atomic E-state index is -0.465. The summed E-state index contributed by atoms with van der Waals surface area (Å²) in [5.74, 6) is 0.0682. The van der Waals surface area contributed by atoms with Crippen molar-refractivity contribution >= 4 is 11.6 Å². The van der Waals surface area contributed by atoms with Gasteiger partial charge in [-0.2, -0.15) is 0 Å². The average Bonchev–Trinajstić information content (AvgIpc) is 2.46. The van der Waals surface area contributed by atoms with Gasteiger partial charge >= 0.3 is 0 Å². The van der Waals surface area contributed by atoms with Crippen LogP contribution >= 0.6 is 0 Å². The Morgan fingerprint density at radius 3 is 2.68 bits per heavy atom. The molecule has 2 rings (SSSR count). The molecule has 5 heteroatoms. The van der Waals surface area contributed by atoms with Gasteiger partial charge in [-0.3, -0.25) is 4.79 Å². The lowest BCUT2D eigenvalue weighted by molar-refractivity contribution is 0.0997. The highest BCUT2D eigenvalue weighted by molar-refractivity contribution is 5.96. The third-order valence-electron chi connectivity index (χ3n) is 3.71. The standard InChI is InChI=1S/C14H21N3O2/c1-17(10-5-7-16-8-6-10)11-3-4-12(14(15)18)13(9-11)19-2/h3-4,9-10,16H,5-8H2,1-2H3,(H2,15,18). The Balaban J connectivity index is 2.22. The Hall–Kier alpha value is -1.75. The zero-order valence-electron chi connectivity index (χ0n) is 11.5. The molecule has 3 N–H and O–H groups in total. The van der Waals surface area contributed by atoms with Gasteiger partial charge in [0.1, 0.15) is 5.75 Å². The maximum atomic E-state index is 11.3. The van der Waals surface area contributed by atoms with Crippen LogP contribution in [0.15, 0.2) is 18.2 Å². The number of primary amides is 1. The van der Waals surface area contributed by atoms with Gasteiger partial charge in [-0.15, -0.1) is 0 Å². The number of amides is 1. The Labute approximate surface area is 113 Å². The minimum Gasteiger partial charge on any atom is -0.496 e. The molecule has 1 aromatic rings. The Morgan fingerprint density at radius 2 is 2.11 bits per heavy atom. The van der Waals surface area contributed by atoms with Crippen LogP contribution in [0.3, 0.4) is 0 Å². The van der Waals surface area contributed by atoms with Crippen molar-refractivity contribution in [1.29, 1.82) is 0 Å². The largest absolute Gasteiger partial charge is 0.496 e. The molecule has 0 spiro atoms. The Morgan fingerprint density at radius 1 is 1.42 bits per heavy atom. The van der Waals surface area contributed by atoms with E-state index in [-0.39, 0.29) is 0 Å². The SMILES string of the molecule is COc1cc(N(C)C2CCNCC2)ccc1C(N)=O. The van der Waals surface area contributed by atoms with Crippen LogP contribution in [0.25, 0.3) is 0 Å². The number of piperidine rings is 1. The van der Waals surface area contributed by atoms with Crippen molar-refractivity contribution in [3.05, 3.63) is 23.8 Å². The molecular formula is C14H21N3O2. The van der Waals surface area contributed by atoms with E-state index < -0.39 is 5.91 Å². The average molecular weight is 263 g/mol. The van der Waals surface area contributed by atoms with Crippen LogP contribution in [0.4, 0.5) is 5.69 Å². The van der Waals surface area contributed by atoms with Gasteiger partial charge in [-0.25, -0.2) is 0 Å². The first-order chi connectivity index (χ1) is 9.13. The Bertz CT molecular complexity index is 456. The van der Waals surface area contributed by atoms with Gasteiger partial charge in [0.15, 0.2) is 0 Å². The second kappa shape index (κ2) is 5.93. The molecule has 0 aliphatic carbocycles. The smallest absolute Gasteiger partial charge is 0.252 e. The summed E-state index contributed by atoms with van der Waals surface area (Å²) in [4.78, 5) is 13.5. The molecule has 0 atom stereocenters. The molecule has 1 aliphatic heterocycles. The molecule has 104 valence electrons. The van der Waals surface area contributed by atoms with Crippen LogP contribution in [0, 0.1) is 0 Å². The highest BCUT2D eigenvalue weighted by atomic mass is 16.5. The zero-order chi connectivity index (χ0) is 13.8. The molecule has 1 heterocycles. The number of anilines is 1. The number of hydrogen-bond donors (Lipinski definition) is 2. The fraction of sp³-hybridized carbons (Fsp3) is 0.500. The summed E-state index contributed by atoms with van der Waals surface area (Å²) in [5, 5.41) is 3.36. The topological polar surface area (TPSA) is 67.6 Å². The predicted molar refractivity (Wildman–Crippen MR) is 75.8 cm³/mol. The number of carbonyl (C=O) groups excluding carboxylic acids is 1. The van der Waals surface area contributed by atoms with Gasteiger partial charge in [-0.05, 0) is 38.1 Å². The molecule has 5 nitrogen and oxygen atoms in total. The van der Waals surface area contributed by atoms with E-state index in [0.717, 1.165) is 31.6 Å². The van der Waals surface area contributed by atoms with Crippen LogP contribution in [0.2, 0.25) is 0 Å². The van der Waals surface area contributed by atoms with E-state index in [2.05, 4.69) is 17.3 Å². The van der Waals surface area contributed by atoms with Crippen molar-refractivity contribution in [3.8, 4) is 5.75 Å². The number of benzene rings is 1. The van der Waals surface area contributed by atoms with E-state index in [0.29, 0.717) is 17.4 Å². The zero-order valence-corrected chi connectivity index (χ0v) is 11.5. The minimum absolute atomic E-state index is 0.421. The summed E-state index contributed by atoms with van der Waals surface area (Å²) in [5.41, 5.74) is 6.79. The van der Waals surface area contributed by atoms with Crippen LogP contribution in [0.1, 0.15) is 23.2 Å². The number of methoxy groups -OCH3 is 1. The lowest BCUT2D eigenvalue weighted by Gasteiger charge is -2.33. The van der Waals surface area contributed by atoms with Crippen molar-refractivity contribution in [3.63, 3.8) is 0 Å². The number of hydrogen-bond acceptors (Lipinski definition) is 4. The first-order valence-electron chi connectivity index (χ1n) is 6.55. The van der Waals surface area contributed by atoms with E-state index >= 15 is 0 Å². The van der Waals surface area contributed by atoms with Crippen LogP contribution in [-0.4, -0.2) is 39.2 Å². The fourth-order valence-corrected chi connectivity index (χ4v) is 2.51. The van der Waals surface area contributed by atoms with Gasteiger partial charge in [0, 0.05) is 24.8 Å². The first kappa shape index (κ1) is 13.7. The van der Waals surface area contributed by atoms with E-state index in [9.17, 15) is 4.79 Å². The third-order valence-corrected chi connectivity index (χ3v) is 3.71. The molecule has 0 saturated carbocycles. The maximum Gasteiger partial charge on any atom is 0.252 e. The number of rotatable bonds is 4. The summed E-state index contributed by atoms with van der Waals surface area (Å²) in [6.07, 6.45) is 2.24. The Kier molecular flexibility index (Phi) is 4.27. The highest BCUT2D eigenvalue weighted by Crippen LogP contribution is 2.27. The number of nitrogens with one attached hydrogen (secondary N) is 1. The van der Waals surface area contributed by atoms with Crippen molar-refractivity contribution in [2.24, 2.45) is 5.73 Å².